The van der Waals surface area contributed by atoms with E-state index in [1.54, 1.807) is 27.0 Å². The Hall–Kier alpha value is -2.74. The summed E-state index contributed by atoms with van der Waals surface area (Å²) in [5.74, 6) is 1.52. The van der Waals surface area contributed by atoms with Crippen molar-refractivity contribution in [2.75, 3.05) is 18.1 Å². The fraction of sp³-hybridized carbons (Fsp3) is 0.267. The second-order valence-corrected chi connectivity index (χ2v) is 4.90. The van der Waals surface area contributed by atoms with E-state index in [1.165, 1.54) is 18.3 Å². The number of ether oxygens (including phenoxy) is 1. The molecule has 0 aliphatic rings. The van der Waals surface area contributed by atoms with E-state index in [9.17, 15) is 4.79 Å². The van der Waals surface area contributed by atoms with Crippen LogP contribution >= 0.6 is 11.6 Å². The highest BCUT2D eigenvalue weighted by molar-refractivity contribution is 6.32. The van der Waals surface area contributed by atoms with Gasteiger partial charge in [0.1, 0.15) is 28.3 Å². The van der Waals surface area contributed by atoms with Gasteiger partial charge in [0.05, 0.1) is 12.8 Å². The monoisotopic (exact) mass is 350 g/mol. The van der Waals surface area contributed by atoms with Gasteiger partial charge in [-0.25, -0.2) is 24.7 Å². The van der Waals surface area contributed by atoms with Crippen LogP contribution < -0.4 is 11.5 Å². The minimum atomic E-state index is -0.405. The highest BCUT2D eigenvalue weighted by Crippen LogP contribution is 2.12. The Morgan fingerprint density at radius 3 is 2.25 bits per heavy atom. The Morgan fingerprint density at radius 2 is 1.75 bits per heavy atom. The number of carbonyl (C=O) groups excluding carboxylic acids is 1. The third kappa shape index (κ3) is 6.57. The van der Waals surface area contributed by atoms with Crippen LogP contribution in [0.1, 0.15) is 24.1 Å². The van der Waals surface area contributed by atoms with E-state index in [1.807, 2.05) is 0 Å². The van der Waals surface area contributed by atoms with Crippen molar-refractivity contribution in [3.63, 3.8) is 0 Å². The lowest BCUT2D eigenvalue weighted by Crippen LogP contribution is -2.00. The Labute approximate surface area is 144 Å². The molecule has 0 amide bonds. The molecule has 128 valence electrons. The molecule has 2 heterocycles. The minimum Gasteiger partial charge on any atom is -0.463 e. The third-order valence-corrected chi connectivity index (χ3v) is 2.84. The van der Waals surface area contributed by atoms with Crippen molar-refractivity contribution in [1.82, 2.24) is 19.9 Å². The van der Waals surface area contributed by atoms with E-state index in [0.29, 0.717) is 40.5 Å². The second kappa shape index (κ2) is 9.41. The lowest BCUT2D eigenvalue weighted by Gasteiger charge is -1.99. The molecule has 0 aliphatic carbocycles. The average molecular weight is 351 g/mol. The molecule has 2 aromatic heterocycles. The van der Waals surface area contributed by atoms with Gasteiger partial charge in [0, 0.05) is 17.8 Å². The molecule has 0 saturated carbocycles. The van der Waals surface area contributed by atoms with Gasteiger partial charge in [0.25, 0.3) is 0 Å². The van der Waals surface area contributed by atoms with Gasteiger partial charge in [-0.2, -0.15) is 0 Å². The maximum Gasteiger partial charge on any atom is 0.330 e. The van der Waals surface area contributed by atoms with Crippen LogP contribution in [0.2, 0.25) is 5.02 Å². The molecule has 2 rings (SSSR count). The van der Waals surface area contributed by atoms with Crippen LogP contribution in [0.25, 0.3) is 6.08 Å². The van der Waals surface area contributed by atoms with Crippen LogP contribution in [0, 0.1) is 13.8 Å². The van der Waals surface area contributed by atoms with Crippen molar-refractivity contribution >= 4 is 35.3 Å². The number of nitrogens with two attached hydrogens (primary N) is 2. The van der Waals surface area contributed by atoms with Crippen LogP contribution in [0.3, 0.4) is 0 Å². The molecule has 0 aliphatic heterocycles. The summed E-state index contributed by atoms with van der Waals surface area (Å²) in [7, 11) is 0. The van der Waals surface area contributed by atoms with Crippen LogP contribution in [0.4, 0.5) is 11.6 Å². The third-order valence-electron chi connectivity index (χ3n) is 2.55. The van der Waals surface area contributed by atoms with Crippen molar-refractivity contribution in [2.45, 2.75) is 20.8 Å². The van der Waals surface area contributed by atoms with Crippen LogP contribution in [0.5, 0.6) is 0 Å². The predicted octanol–water partition coefficient (Wildman–Crippen LogP) is 1.96. The van der Waals surface area contributed by atoms with Gasteiger partial charge in [-0.15, -0.1) is 0 Å². The standard InChI is InChI=1S/C10H13N3O2.C5H6ClN3/c1-3-15-9(14)5-4-8-6-12-7(2)13-10(8)11;1-3-8-2-4(6)5(7)9-3/h4-6H,3H2,1-2H3,(H2,11,12,13);2H,1H3,(H2,7,8,9)/b5-4+;. The summed E-state index contributed by atoms with van der Waals surface area (Å²) in [6.45, 7) is 5.60. The number of rotatable bonds is 3. The van der Waals surface area contributed by atoms with E-state index >= 15 is 0 Å². The zero-order valence-corrected chi connectivity index (χ0v) is 14.4. The average Bonchev–Trinajstić information content (AvgIpc) is 2.51. The summed E-state index contributed by atoms with van der Waals surface area (Å²) >= 11 is 5.53. The van der Waals surface area contributed by atoms with Crippen molar-refractivity contribution in [3.8, 4) is 0 Å². The van der Waals surface area contributed by atoms with Crippen molar-refractivity contribution in [1.29, 1.82) is 0 Å². The maximum atomic E-state index is 11.0. The molecule has 8 nitrogen and oxygen atoms in total. The molecule has 0 saturated heterocycles. The molecule has 0 fully saturated rings. The number of hydrogen-bond acceptors (Lipinski definition) is 8. The van der Waals surface area contributed by atoms with E-state index in [2.05, 4.69) is 19.9 Å². The number of esters is 1. The van der Waals surface area contributed by atoms with Crippen LogP contribution in [0.15, 0.2) is 18.5 Å². The summed E-state index contributed by atoms with van der Waals surface area (Å²) in [6, 6.07) is 0. The summed E-state index contributed by atoms with van der Waals surface area (Å²) in [6.07, 6.45) is 5.88. The minimum absolute atomic E-state index is 0.337. The number of aryl methyl sites for hydroxylation is 2. The fourth-order valence-corrected chi connectivity index (χ4v) is 1.54. The van der Waals surface area contributed by atoms with Crippen LogP contribution in [-0.2, 0) is 9.53 Å². The predicted molar refractivity (Wildman–Crippen MR) is 93.0 cm³/mol. The first-order chi connectivity index (χ1) is 11.3. The van der Waals surface area contributed by atoms with Gasteiger partial charge < -0.3 is 16.2 Å². The Morgan fingerprint density at radius 1 is 1.17 bits per heavy atom. The largest absolute Gasteiger partial charge is 0.463 e. The Kier molecular flexibility index (Phi) is 7.57. The summed E-state index contributed by atoms with van der Waals surface area (Å²) < 4.78 is 4.72. The lowest BCUT2D eigenvalue weighted by molar-refractivity contribution is -0.137. The Bertz CT molecular complexity index is 736. The van der Waals surface area contributed by atoms with Gasteiger partial charge in [-0.05, 0) is 26.8 Å². The number of hydrogen-bond donors (Lipinski definition) is 2. The molecule has 9 heteroatoms. The molecular weight excluding hydrogens is 332 g/mol. The number of anilines is 2. The van der Waals surface area contributed by atoms with E-state index in [4.69, 9.17) is 27.8 Å². The van der Waals surface area contributed by atoms with E-state index < -0.39 is 5.97 Å². The molecule has 0 unspecified atom stereocenters. The van der Waals surface area contributed by atoms with E-state index in [-0.39, 0.29) is 0 Å². The van der Waals surface area contributed by atoms with Crippen molar-refractivity contribution in [3.05, 3.63) is 40.7 Å². The number of aromatic nitrogens is 4. The first-order valence-electron chi connectivity index (χ1n) is 7.02. The molecule has 0 bridgehead atoms. The quantitative estimate of drug-likeness (QED) is 0.634. The highest BCUT2D eigenvalue weighted by atomic mass is 35.5. The van der Waals surface area contributed by atoms with Gasteiger partial charge in [-0.3, -0.25) is 0 Å². The van der Waals surface area contributed by atoms with Crippen molar-refractivity contribution < 1.29 is 9.53 Å². The smallest absolute Gasteiger partial charge is 0.330 e. The van der Waals surface area contributed by atoms with Crippen LogP contribution in [-0.4, -0.2) is 32.5 Å². The Balaban J connectivity index is 0.000000272. The molecule has 0 aromatic carbocycles. The van der Waals surface area contributed by atoms with Gasteiger partial charge in [-0.1, -0.05) is 11.6 Å². The first kappa shape index (κ1) is 19.3. The molecule has 0 spiro atoms. The zero-order valence-electron chi connectivity index (χ0n) is 13.7. The molecule has 24 heavy (non-hydrogen) atoms. The summed E-state index contributed by atoms with van der Waals surface area (Å²) in [4.78, 5) is 26.6. The van der Waals surface area contributed by atoms with Gasteiger partial charge >= 0.3 is 5.97 Å². The van der Waals surface area contributed by atoms with E-state index in [0.717, 1.165) is 0 Å². The fourth-order valence-electron chi connectivity index (χ4n) is 1.45. The normalized spacial score (nSPS) is 10.2. The number of nitrogen functional groups attached to an aromatic ring is 2. The van der Waals surface area contributed by atoms with Gasteiger partial charge in [0.2, 0.25) is 0 Å². The molecule has 4 N–H and O–H groups in total. The highest BCUT2D eigenvalue weighted by Gasteiger charge is 1.99. The maximum absolute atomic E-state index is 11.0. The van der Waals surface area contributed by atoms with Crippen molar-refractivity contribution in [2.24, 2.45) is 0 Å². The molecular formula is C15H19ClN6O2. The SMILES string of the molecule is CCOC(=O)/C=C/c1cnc(C)nc1N.Cc1ncc(Cl)c(N)n1. The topological polar surface area (TPSA) is 130 Å². The summed E-state index contributed by atoms with van der Waals surface area (Å²) in [5, 5.41) is 0.403. The molecule has 0 radical (unpaired) electrons. The zero-order chi connectivity index (χ0) is 18.1. The number of halogens is 1. The molecule has 0 atom stereocenters. The number of carbonyl (C=O) groups is 1. The number of nitrogens with zero attached hydrogens (tertiary/aromatic N) is 4. The lowest BCUT2D eigenvalue weighted by atomic mass is 10.3. The molecule has 2 aromatic rings. The van der Waals surface area contributed by atoms with Gasteiger partial charge in [0.15, 0.2) is 0 Å². The summed E-state index contributed by atoms with van der Waals surface area (Å²) in [5.41, 5.74) is 11.6. The first-order valence-corrected chi connectivity index (χ1v) is 7.39. The second-order valence-electron chi connectivity index (χ2n) is 4.49.